The van der Waals surface area contributed by atoms with E-state index in [0.717, 1.165) is 6.54 Å². The monoisotopic (exact) mass is 189 g/mol. The second-order valence-electron chi connectivity index (χ2n) is 4.32. The lowest BCUT2D eigenvalue weighted by atomic mass is 9.76. The first-order chi connectivity index (χ1) is 6.87. The second-order valence-corrected chi connectivity index (χ2v) is 4.32. The molecule has 1 saturated heterocycles. The fourth-order valence-corrected chi connectivity index (χ4v) is 2.62. The highest BCUT2D eigenvalue weighted by Gasteiger charge is 2.34. The average molecular weight is 189 g/mol. The lowest BCUT2D eigenvalue weighted by Gasteiger charge is -2.28. The molecule has 1 aromatic rings. The maximum atomic E-state index is 3.50. The van der Waals surface area contributed by atoms with Gasteiger partial charge >= 0.3 is 0 Å². The third-order valence-corrected chi connectivity index (χ3v) is 3.36. The van der Waals surface area contributed by atoms with Crippen molar-refractivity contribution in [3.63, 3.8) is 0 Å². The Bertz CT molecular complexity index is 273. The van der Waals surface area contributed by atoms with Gasteiger partial charge in [-0.2, -0.15) is 0 Å². The molecule has 2 rings (SSSR count). The van der Waals surface area contributed by atoms with E-state index in [1.54, 1.807) is 0 Å². The molecule has 1 nitrogen and oxygen atoms in total. The van der Waals surface area contributed by atoms with Gasteiger partial charge < -0.3 is 5.32 Å². The third kappa shape index (κ3) is 1.69. The maximum Gasteiger partial charge on any atom is 0.00897 e. The molecule has 0 radical (unpaired) electrons. The van der Waals surface area contributed by atoms with Gasteiger partial charge in [0.15, 0.2) is 0 Å². The lowest BCUT2D eigenvalue weighted by Crippen LogP contribution is -2.28. The Morgan fingerprint density at radius 2 is 2.07 bits per heavy atom. The zero-order chi connectivity index (χ0) is 9.86. The average Bonchev–Trinajstić information content (AvgIpc) is 2.70. The SMILES string of the molecule is CCCC1(c2ccccc2)CCNC1. The Kier molecular flexibility index (Phi) is 2.87. The van der Waals surface area contributed by atoms with Crippen molar-refractivity contribution in [1.82, 2.24) is 5.32 Å². The predicted molar refractivity (Wildman–Crippen MR) is 60.5 cm³/mol. The zero-order valence-corrected chi connectivity index (χ0v) is 8.92. The van der Waals surface area contributed by atoms with Crippen LogP contribution in [0.5, 0.6) is 0 Å². The fourth-order valence-electron chi connectivity index (χ4n) is 2.62. The predicted octanol–water partition coefficient (Wildman–Crippen LogP) is 2.72. The number of hydrogen-bond acceptors (Lipinski definition) is 1. The summed E-state index contributed by atoms with van der Waals surface area (Å²) in [6, 6.07) is 11.0. The molecular formula is C13H19N. The van der Waals surface area contributed by atoms with E-state index < -0.39 is 0 Å². The van der Waals surface area contributed by atoms with Gasteiger partial charge in [0.25, 0.3) is 0 Å². The molecule has 1 aliphatic heterocycles. The van der Waals surface area contributed by atoms with Crippen LogP contribution >= 0.6 is 0 Å². The molecule has 0 bridgehead atoms. The van der Waals surface area contributed by atoms with Crippen LogP contribution in [0.1, 0.15) is 31.7 Å². The topological polar surface area (TPSA) is 12.0 Å². The van der Waals surface area contributed by atoms with Gasteiger partial charge in [0.1, 0.15) is 0 Å². The minimum Gasteiger partial charge on any atom is -0.316 e. The van der Waals surface area contributed by atoms with Crippen molar-refractivity contribution in [3.05, 3.63) is 35.9 Å². The van der Waals surface area contributed by atoms with E-state index >= 15 is 0 Å². The molecule has 1 aliphatic rings. The molecule has 1 fully saturated rings. The summed E-state index contributed by atoms with van der Waals surface area (Å²) < 4.78 is 0. The Hall–Kier alpha value is -0.820. The Morgan fingerprint density at radius 1 is 1.29 bits per heavy atom. The molecule has 1 heterocycles. The van der Waals surface area contributed by atoms with Crippen LogP contribution in [0, 0.1) is 0 Å². The molecular weight excluding hydrogens is 170 g/mol. The summed E-state index contributed by atoms with van der Waals surface area (Å²) in [6.07, 6.45) is 3.88. The van der Waals surface area contributed by atoms with Crippen molar-refractivity contribution in [2.75, 3.05) is 13.1 Å². The fraction of sp³-hybridized carbons (Fsp3) is 0.538. The van der Waals surface area contributed by atoms with Crippen molar-refractivity contribution in [1.29, 1.82) is 0 Å². The minimum absolute atomic E-state index is 0.427. The Morgan fingerprint density at radius 3 is 2.64 bits per heavy atom. The summed E-state index contributed by atoms with van der Waals surface area (Å²) in [5, 5.41) is 3.50. The minimum atomic E-state index is 0.427. The quantitative estimate of drug-likeness (QED) is 0.771. The first-order valence-electron chi connectivity index (χ1n) is 5.64. The summed E-state index contributed by atoms with van der Waals surface area (Å²) in [4.78, 5) is 0. The van der Waals surface area contributed by atoms with Crippen molar-refractivity contribution in [2.45, 2.75) is 31.6 Å². The van der Waals surface area contributed by atoms with Gasteiger partial charge in [-0.1, -0.05) is 43.7 Å². The Balaban J connectivity index is 2.27. The van der Waals surface area contributed by atoms with Crippen LogP contribution in [0.2, 0.25) is 0 Å². The summed E-state index contributed by atoms with van der Waals surface area (Å²) in [5.41, 5.74) is 1.95. The number of hydrogen-bond donors (Lipinski definition) is 1. The van der Waals surface area contributed by atoms with Gasteiger partial charge in [-0.3, -0.25) is 0 Å². The van der Waals surface area contributed by atoms with Crippen molar-refractivity contribution in [2.24, 2.45) is 0 Å². The van der Waals surface area contributed by atoms with Crippen LogP contribution in [-0.4, -0.2) is 13.1 Å². The molecule has 0 amide bonds. The van der Waals surface area contributed by atoms with Gasteiger partial charge in [-0.15, -0.1) is 0 Å². The van der Waals surface area contributed by atoms with E-state index in [9.17, 15) is 0 Å². The first kappa shape index (κ1) is 9.72. The maximum absolute atomic E-state index is 3.50. The summed E-state index contributed by atoms with van der Waals surface area (Å²) in [5.74, 6) is 0. The van der Waals surface area contributed by atoms with Gasteiger partial charge in [-0.05, 0) is 24.9 Å². The largest absolute Gasteiger partial charge is 0.316 e. The highest BCUT2D eigenvalue weighted by Crippen LogP contribution is 2.34. The van der Waals surface area contributed by atoms with Gasteiger partial charge in [-0.25, -0.2) is 0 Å². The molecule has 0 aromatic heterocycles. The summed E-state index contributed by atoms with van der Waals surface area (Å²) in [6.45, 7) is 4.61. The van der Waals surface area contributed by atoms with Crippen LogP contribution in [-0.2, 0) is 5.41 Å². The summed E-state index contributed by atoms with van der Waals surface area (Å²) in [7, 11) is 0. The molecule has 1 atom stereocenters. The van der Waals surface area contributed by atoms with Crippen LogP contribution in [0.3, 0.4) is 0 Å². The highest BCUT2D eigenvalue weighted by atomic mass is 14.9. The molecule has 14 heavy (non-hydrogen) atoms. The molecule has 76 valence electrons. The van der Waals surface area contributed by atoms with Crippen molar-refractivity contribution < 1.29 is 0 Å². The third-order valence-electron chi connectivity index (χ3n) is 3.36. The molecule has 1 heteroatoms. The molecule has 1 unspecified atom stereocenters. The number of nitrogens with one attached hydrogen (secondary N) is 1. The molecule has 0 aliphatic carbocycles. The van der Waals surface area contributed by atoms with E-state index in [-0.39, 0.29) is 0 Å². The lowest BCUT2D eigenvalue weighted by molar-refractivity contribution is 0.427. The van der Waals surface area contributed by atoms with Crippen molar-refractivity contribution in [3.8, 4) is 0 Å². The van der Waals surface area contributed by atoms with Gasteiger partial charge in [0.05, 0.1) is 0 Å². The van der Waals surface area contributed by atoms with E-state index in [1.165, 1.54) is 31.4 Å². The van der Waals surface area contributed by atoms with Crippen LogP contribution in [0.4, 0.5) is 0 Å². The molecule has 1 N–H and O–H groups in total. The van der Waals surface area contributed by atoms with E-state index in [0.29, 0.717) is 5.41 Å². The standard InChI is InChI=1S/C13H19N/c1-2-8-13(9-10-14-11-13)12-6-4-3-5-7-12/h3-7,14H,2,8-11H2,1H3. The molecule has 0 saturated carbocycles. The first-order valence-corrected chi connectivity index (χ1v) is 5.64. The van der Waals surface area contributed by atoms with E-state index in [1.807, 2.05) is 0 Å². The van der Waals surface area contributed by atoms with Crippen LogP contribution in [0.15, 0.2) is 30.3 Å². The number of benzene rings is 1. The van der Waals surface area contributed by atoms with Crippen LogP contribution < -0.4 is 5.32 Å². The zero-order valence-electron chi connectivity index (χ0n) is 8.92. The Labute approximate surface area is 86.5 Å². The number of rotatable bonds is 3. The van der Waals surface area contributed by atoms with Crippen molar-refractivity contribution >= 4 is 0 Å². The normalized spacial score (nSPS) is 26.6. The molecule has 1 aromatic carbocycles. The second kappa shape index (κ2) is 4.14. The van der Waals surface area contributed by atoms with Gasteiger partial charge in [0.2, 0.25) is 0 Å². The molecule has 0 spiro atoms. The van der Waals surface area contributed by atoms with E-state index in [2.05, 4.69) is 42.6 Å². The smallest absolute Gasteiger partial charge is 0.00897 e. The van der Waals surface area contributed by atoms with Crippen LogP contribution in [0.25, 0.3) is 0 Å². The van der Waals surface area contributed by atoms with Gasteiger partial charge in [0, 0.05) is 12.0 Å². The summed E-state index contributed by atoms with van der Waals surface area (Å²) >= 11 is 0. The highest BCUT2D eigenvalue weighted by molar-refractivity contribution is 5.27. The van der Waals surface area contributed by atoms with E-state index in [4.69, 9.17) is 0 Å².